The fourth-order valence-electron chi connectivity index (χ4n) is 3.38. The first kappa shape index (κ1) is 20.5. The molecule has 0 spiro atoms. The highest BCUT2D eigenvalue weighted by molar-refractivity contribution is 5.89. The number of anilines is 1. The quantitative estimate of drug-likeness (QED) is 0.430. The third-order valence-corrected chi connectivity index (χ3v) is 5.18. The van der Waals surface area contributed by atoms with Gasteiger partial charge in [-0.25, -0.2) is 9.48 Å². The summed E-state index contributed by atoms with van der Waals surface area (Å²) in [5.41, 5.74) is 3.77. The SMILES string of the molecule is CCC(CNC(=O)Nc1ccc(-n2ncc3ccccc32)cc1)Oc1ccccc1C. The van der Waals surface area contributed by atoms with E-state index in [9.17, 15) is 4.79 Å². The second-order valence-electron chi connectivity index (χ2n) is 7.41. The van der Waals surface area contributed by atoms with Crippen molar-refractivity contribution in [3.8, 4) is 11.4 Å². The fourth-order valence-corrected chi connectivity index (χ4v) is 3.38. The van der Waals surface area contributed by atoms with Gasteiger partial charge < -0.3 is 15.4 Å². The van der Waals surface area contributed by atoms with E-state index >= 15 is 0 Å². The highest BCUT2D eigenvalue weighted by Crippen LogP contribution is 2.20. The number of aromatic nitrogens is 2. The summed E-state index contributed by atoms with van der Waals surface area (Å²) in [6.45, 7) is 4.48. The summed E-state index contributed by atoms with van der Waals surface area (Å²) in [4.78, 5) is 12.3. The van der Waals surface area contributed by atoms with Crippen LogP contribution in [0.4, 0.5) is 10.5 Å². The lowest BCUT2D eigenvalue weighted by Crippen LogP contribution is -2.37. The average Bonchev–Trinajstić information content (AvgIpc) is 3.22. The van der Waals surface area contributed by atoms with E-state index in [0.717, 1.165) is 34.3 Å². The Morgan fingerprint density at radius 1 is 1.03 bits per heavy atom. The molecule has 0 aliphatic rings. The van der Waals surface area contributed by atoms with Crippen molar-refractivity contribution in [3.05, 3.63) is 84.6 Å². The first-order valence-electron chi connectivity index (χ1n) is 10.4. The number of para-hydroxylation sites is 2. The molecule has 1 unspecified atom stereocenters. The normalized spacial score (nSPS) is 11.8. The van der Waals surface area contributed by atoms with Crippen LogP contribution < -0.4 is 15.4 Å². The number of hydrogen-bond donors (Lipinski definition) is 2. The molecule has 0 aliphatic carbocycles. The molecule has 6 heteroatoms. The summed E-state index contributed by atoms with van der Waals surface area (Å²) < 4.78 is 7.92. The standard InChI is InChI=1S/C25H26N4O2/c1-3-22(31-24-11-7-4-8-18(24)2)17-26-25(30)28-20-12-14-21(15-13-20)29-23-10-6-5-9-19(23)16-27-29/h4-16,22H,3,17H2,1-2H3,(H2,26,28,30). The van der Waals surface area contributed by atoms with Crippen molar-refractivity contribution >= 4 is 22.6 Å². The van der Waals surface area contributed by atoms with Crippen LogP contribution in [0.2, 0.25) is 0 Å². The molecule has 4 rings (SSSR count). The smallest absolute Gasteiger partial charge is 0.319 e. The lowest BCUT2D eigenvalue weighted by molar-refractivity contribution is 0.191. The number of nitrogens with zero attached hydrogens (tertiary/aromatic N) is 2. The van der Waals surface area contributed by atoms with Crippen molar-refractivity contribution < 1.29 is 9.53 Å². The number of benzene rings is 3. The monoisotopic (exact) mass is 414 g/mol. The zero-order chi connectivity index (χ0) is 21.6. The van der Waals surface area contributed by atoms with E-state index < -0.39 is 0 Å². The molecule has 0 bridgehead atoms. The van der Waals surface area contributed by atoms with Crippen molar-refractivity contribution in [2.45, 2.75) is 26.4 Å². The van der Waals surface area contributed by atoms with Gasteiger partial charge in [0.05, 0.1) is 23.9 Å². The van der Waals surface area contributed by atoms with E-state index in [1.54, 1.807) is 0 Å². The number of fused-ring (bicyclic) bond motifs is 1. The Morgan fingerprint density at radius 2 is 1.77 bits per heavy atom. The molecule has 0 radical (unpaired) electrons. The summed E-state index contributed by atoms with van der Waals surface area (Å²) in [7, 11) is 0. The molecule has 4 aromatic rings. The maximum absolute atomic E-state index is 12.3. The first-order chi connectivity index (χ1) is 15.1. The van der Waals surface area contributed by atoms with Gasteiger partial charge in [-0.15, -0.1) is 0 Å². The lowest BCUT2D eigenvalue weighted by Gasteiger charge is -2.19. The van der Waals surface area contributed by atoms with E-state index in [-0.39, 0.29) is 12.1 Å². The summed E-state index contributed by atoms with van der Waals surface area (Å²) in [6.07, 6.45) is 2.54. The number of urea groups is 1. The van der Waals surface area contributed by atoms with Crippen molar-refractivity contribution in [2.75, 3.05) is 11.9 Å². The van der Waals surface area contributed by atoms with E-state index in [0.29, 0.717) is 12.2 Å². The van der Waals surface area contributed by atoms with Crippen molar-refractivity contribution in [1.29, 1.82) is 0 Å². The molecule has 3 aromatic carbocycles. The van der Waals surface area contributed by atoms with E-state index in [1.165, 1.54) is 0 Å². The number of aryl methyl sites for hydroxylation is 1. The Hall–Kier alpha value is -3.80. The fraction of sp³-hybridized carbons (Fsp3) is 0.200. The van der Waals surface area contributed by atoms with Crippen LogP contribution in [-0.4, -0.2) is 28.5 Å². The Labute approximate surface area is 181 Å². The molecule has 0 fully saturated rings. The number of ether oxygens (including phenoxy) is 1. The third-order valence-electron chi connectivity index (χ3n) is 5.18. The number of hydrogen-bond acceptors (Lipinski definition) is 3. The Bertz CT molecular complexity index is 1170. The van der Waals surface area contributed by atoms with Gasteiger partial charge in [0, 0.05) is 11.1 Å². The van der Waals surface area contributed by atoms with Crippen LogP contribution in [0, 0.1) is 6.92 Å². The highest BCUT2D eigenvalue weighted by atomic mass is 16.5. The molecular formula is C25H26N4O2. The predicted octanol–water partition coefficient (Wildman–Crippen LogP) is 5.31. The van der Waals surface area contributed by atoms with Crippen LogP contribution in [0.5, 0.6) is 5.75 Å². The van der Waals surface area contributed by atoms with Gasteiger partial charge in [0.1, 0.15) is 11.9 Å². The Morgan fingerprint density at radius 3 is 2.55 bits per heavy atom. The topological polar surface area (TPSA) is 68.2 Å². The number of nitrogens with one attached hydrogen (secondary N) is 2. The highest BCUT2D eigenvalue weighted by Gasteiger charge is 2.12. The molecule has 1 atom stereocenters. The van der Waals surface area contributed by atoms with Crippen LogP contribution in [-0.2, 0) is 0 Å². The molecular weight excluding hydrogens is 388 g/mol. The van der Waals surface area contributed by atoms with Gasteiger partial charge in [0.15, 0.2) is 0 Å². The molecule has 2 N–H and O–H groups in total. The average molecular weight is 415 g/mol. The first-order valence-corrected chi connectivity index (χ1v) is 10.4. The van der Waals surface area contributed by atoms with Crippen LogP contribution >= 0.6 is 0 Å². The van der Waals surface area contributed by atoms with Crippen LogP contribution in [0.1, 0.15) is 18.9 Å². The third kappa shape index (κ3) is 4.86. The zero-order valence-electron chi connectivity index (χ0n) is 17.7. The molecule has 1 aromatic heterocycles. The second-order valence-corrected chi connectivity index (χ2v) is 7.41. The Balaban J connectivity index is 1.34. The van der Waals surface area contributed by atoms with Gasteiger partial charge in [-0.3, -0.25) is 0 Å². The molecule has 1 heterocycles. The molecule has 158 valence electrons. The van der Waals surface area contributed by atoms with E-state index in [4.69, 9.17) is 4.74 Å². The number of carbonyl (C=O) groups is 1. The molecule has 6 nitrogen and oxygen atoms in total. The minimum atomic E-state index is -0.260. The van der Waals surface area contributed by atoms with E-state index in [1.807, 2.05) is 97.5 Å². The second kappa shape index (κ2) is 9.34. The number of carbonyl (C=O) groups excluding carboxylic acids is 1. The maximum Gasteiger partial charge on any atom is 0.319 e. The summed E-state index contributed by atoms with van der Waals surface area (Å²) in [6, 6.07) is 23.3. The van der Waals surface area contributed by atoms with E-state index in [2.05, 4.69) is 15.7 Å². The minimum Gasteiger partial charge on any atom is -0.488 e. The van der Waals surface area contributed by atoms with Gasteiger partial charge in [-0.05, 0) is 55.3 Å². The molecule has 0 saturated carbocycles. The summed E-state index contributed by atoms with van der Waals surface area (Å²) in [5, 5.41) is 11.3. The lowest BCUT2D eigenvalue weighted by atomic mass is 10.2. The maximum atomic E-state index is 12.3. The van der Waals surface area contributed by atoms with Crippen LogP contribution in [0.15, 0.2) is 79.0 Å². The van der Waals surface area contributed by atoms with Gasteiger partial charge >= 0.3 is 6.03 Å². The minimum absolute atomic E-state index is 0.0951. The van der Waals surface area contributed by atoms with Crippen molar-refractivity contribution in [1.82, 2.24) is 15.1 Å². The van der Waals surface area contributed by atoms with Crippen LogP contribution in [0.3, 0.4) is 0 Å². The van der Waals surface area contributed by atoms with Gasteiger partial charge in [-0.2, -0.15) is 5.10 Å². The molecule has 2 amide bonds. The largest absolute Gasteiger partial charge is 0.488 e. The van der Waals surface area contributed by atoms with Gasteiger partial charge in [0.2, 0.25) is 0 Å². The molecule has 31 heavy (non-hydrogen) atoms. The molecule has 0 aliphatic heterocycles. The van der Waals surface area contributed by atoms with Gasteiger partial charge in [-0.1, -0.05) is 43.3 Å². The molecule has 0 saturated heterocycles. The number of rotatable bonds is 7. The predicted molar refractivity (Wildman–Crippen MR) is 124 cm³/mol. The van der Waals surface area contributed by atoms with Gasteiger partial charge in [0.25, 0.3) is 0 Å². The van der Waals surface area contributed by atoms with Crippen molar-refractivity contribution in [2.24, 2.45) is 0 Å². The number of amides is 2. The van der Waals surface area contributed by atoms with Crippen molar-refractivity contribution in [3.63, 3.8) is 0 Å². The summed E-state index contributed by atoms with van der Waals surface area (Å²) in [5.74, 6) is 0.846. The Kier molecular flexibility index (Phi) is 6.17. The van der Waals surface area contributed by atoms with Crippen LogP contribution in [0.25, 0.3) is 16.6 Å². The zero-order valence-corrected chi connectivity index (χ0v) is 17.7. The summed E-state index contributed by atoms with van der Waals surface area (Å²) >= 11 is 0.